The molecule has 4 aromatic rings. The van der Waals surface area contributed by atoms with Crippen LogP contribution in [0, 0.1) is 11.8 Å². The van der Waals surface area contributed by atoms with Gasteiger partial charge in [0.15, 0.2) is 5.78 Å². The predicted molar refractivity (Wildman–Crippen MR) is 138 cm³/mol. The molecule has 174 valence electrons. The van der Waals surface area contributed by atoms with Crippen molar-refractivity contribution < 1.29 is 14.4 Å². The average molecular weight is 471 g/mol. The number of anilines is 1. The summed E-state index contributed by atoms with van der Waals surface area (Å²) in [4.78, 5) is 45.5. The lowest BCUT2D eigenvalue weighted by Crippen LogP contribution is -2.44. The van der Waals surface area contributed by atoms with Crippen LogP contribution in [0.25, 0.3) is 16.8 Å². The van der Waals surface area contributed by atoms with Gasteiger partial charge < -0.3 is 4.90 Å². The van der Waals surface area contributed by atoms with Crippen LogP contribution in [0.2, 0.25) is 0 Å². The molecular formula is C31H22N2O3. The van der Waals surface area contributed by atoms with E-state index in [1.165, 1.54) is 4.90 Å². The van der Waals surface area contributed by atoms with Crippen molar-refractivity contribution >= 4 is 40.1 Å². The molecule has 0 N–H and O–H groups in total. The number of hydrogen-bond donors (Lipinski definition) is 0. The van der Waals surface area contributed by atoms with Crippen LogP contribution in [0.4, 0.5) is 5.69 Å². The zero-order valence-corrected chi connectivity index (χ0v) is 19.3. The second kappa shape index (κ2) is 7.75. The van der Waals surface area contributed by atoms with Gasteiger partial charge in [-0.2, -0.15) is 0 Å². The number of rotatable bonds is 3. The first kappa shape index (κ1) is 20.8. The fraction of sp³-hybridized carbons (Fsp3) is 0.129. The summed E-state index contributed by atoms with van der Waals surface area (Å²) in [5, 5.41) is 1.80. The third-order valence-corrected chi connectivity index (χ3v) is 7.80. The summed E-state index contributed by atoms with van der Waals surface area (Å²) in [7, 11) is 0. The Hall–Kier alpha value is -4.51. The molecule has 3 aliphatic heterocycles. The maximum atomic E-state index is 14.2. The number of carbonyl (C=O) groups excluding carboxylic acids is 3. The third-order valence-electron chi connectivity index (χ3n) is 7.80. The number of fused-ring (bicyclic) bond motifs is 6. The minimum Gasteiger partial charge on any atom is -0.358 e. The second-order valence-corrected chi connectivity index (χ2v) is 9.57. The van der Waals surface area contributed by atoms with E-state index in [1.807, 2.05) is 102 Å². The van der Waals surface area contributed by atoms with E-state index in [0.29, 0.717) is 11.3 Å². The molecule has 0 aliphatic carbocycles. The Morgan fingerprint density at radius 1 is 0.694 bits per heavy atom. The number of ketones is 1. The van der Waals surface area contributed by atoms with E-state index >= 15 is 0 Å². The van der Waals surface area contributed by atoms with E-state index in [0.717, 1.165) is 21.9 Å². The molecule has 0 saturated carbocycles. The zero-order valence-electron chi connectivity index (χ0n) is 19.3. The fourth-order valence-corrected chi connectivity index (χ4v) is 6.27. The fourth-order valence-electron chi connectivity index (χ4n) is 6.27. The highest BCUT2D eigenvalue weighted by atomic mass is 16.2. The summed E-state index contributed by atoms with van der Waals surface area (Å²) < 4.78 is 0. The molecule has 0 spiro atoms. The molecular weight excluding hydrogens is 448 g/mol. The number of amides is 2. The number of carbonyl (C=O) groups is 3. The topological polar surface area (TPSA) is 57.7 Å². The summed E-state index contributed by atoms with van der Waals surface area (Å²) in [6.07, 6.45) is 3.86. The minimum absolute atomic E-state index is 0.141. The number of nitrogens with zero attached hydrogens (tertiary/aromatic N) is 2. The highest BCUT2D eigenvalue weighted by Gasteiger charge is 2.64. The smallest absolute Gasteiger partial charge is 0.240 e. The molecule has 2 amide bonds. The van der Waals surface area contributed by atoms with Crippen LogP contribution in [0.3, 0.4) is 0 Å². The highest BCUT2D eigenvalue weighted by Crippen LogP contribution is 2.54. The van der Waals surface area contributed by atoms with Gasteiger partial charge in [0.05, 0.1) is 23.6 Å². The van der Waals surface area contributed by atoms with Gasteiger partial charge in [-0.25, -0.2) is 4.90 Å². The van der Waals surface area contributed by atoms with Crippen molar-refractivity contribution in [1.29, 1.82) is 0 Å². The van der Waals surface area contributed by atoms with E-state index in [1.54, 1.807) is 12.1 Å². The molecule has 0 bridgehead atoms. The van der Waals surface area contributed by atoms with Crippen molar-refractivity contribution in [3.05, 3.63) is 120 Å². The Balaban J connectivity index is 1.41. The van der Waals surface area contributed by atoms with Gasteiger partial charge in [-0.1, -0.05) is 91.0 Å². The first-order chi connectivity index (χ1) is 17.6. The molecule has 3 heterocycles. The summed E-state index contributed by atoms with van der Waals surface area (Å²) in [6, 6.07) is 29.2. The van der Waals surface area contributed by atoms with Gasteiger partial charge in [-0.05, 0) is 28.7 Å². The molecule has 5 nitrogen and oxygen atoms in total. The standard InChI is InChI=1S/C31H22N2O3/c34-29(21-11-2-1-3-12-21)28-26-25(27-23-15-7-5-10-20(23)17-18-32(27)28)30(35)33(31(26)36)24-16-8-13-19-9-4-6-14-22(19)24/h1-18,25-28H/t25-,26-,27-,28+/m1/s1. The number of benzene rings is 4. The molecule has 3 aliphatic rings. The first-order valence-corrected chi connectivity index (χ1v) is 12.1. The van der Waals surface area contributed by atoms with Crippen LogP contribution in [-0.4, -0.2) is 28.5 Å². The molecule has 4 atom stereocenters. The maximum Gasteiger partial charge on any atom is 0.240 e. The Bertz CT molecular complexity index is 1590. The summed E-state index contributed by atoms with van der Waals surface area (Å²) in [6.45, 7) is 0. The number of Topliss-reactive ketones (excluding diaryl/α,β-unsaturated/α-hetero) is 1. The Morgan fingerprint density at radius 3 is 2.25 bits per heavy atom. The molecule has 0 aromatic heterocycles. The monoisotopic (exact) mass is 470 g/mol. The molecule has 2 fully saturated rings. The third kappa shape index (κ3) is 2.80. The SMILES string of the molecule is O=C(c1ccccc1)[C@@H]1[C@@H]2C(=O)N(c3cccc4ccccc34)C(=O)[C@H]2[C@H]2c3ccccc3C=CN12. The van der Waals surface area contributed by atoms with E-state index in [-0.39, 0.29) is 23.6 Å². The van der Waals surface area contributed by atoms with Gasteiger partial charge in [0.25, 0.3) is 0 Å². The van der Waals surface area contributed by atoms with Crippen molar-refractivity contribution in [2.75, 3.05) is 4.90 Å². The van der Waals surface area contributed by atoms with E-state index in [4.69, 9.17) is 0 Å². The lowest BCUT2D eigenvalue weighted by molar-refractivity contribution is -0.123. The van der Waals surface area contributed by atoms with Crippen molar-refractivity contribution in [2.45, 2.75) is 12.1 Å². The number of imide groups is 1. The molecule has 0 radical (unpaired) electrons. The van der Waals surface area contributed by atoms with Gasteiger partial charge in [-0.15, -0.1) is 0 Å². The van der Waals surface area contributed by atoms with Crippen molar-refractivity contribution in [3.8, 4) is 0 Å². The van der Waals surface area contributed by atoms with Crippen molar-refractivity contribution in [2.24, 2.45) is 11.8 Å². The lowest BCUT2D eigenvalue weighted by Gasteiger charge is -2.35. The van der Waals surface area contributed by atoms with Gasteiger partial charge in [-0.3, -0.25) is 14.4 Å². The van der Waals surface area contributed by atoms with Gasteiger partial charge in [0, 0.05) is 17.1 Å². The van der Waals surface area contributed by atoms with Gasteiger partial charge in [0.1, 0.15) is 6.04 Å². The molecule has 7 rings (SSSR count). The Morgan fingerprint density at radius 2 is 1.39 bits per heavy atom. The zero-order chi connectivity index (χ0) is 24.4. The number of hydrogen-bond acceptors (Lipinski definition) is 4. The van der Waals surface area contributed by atoms with Crippen LogP contribution in [0.1, 0.15) is 27.5 Å². The normalized spacial score (nSPS) is 24.1. The van der Waals surface area contributed by atoms with Crippen LogP contribution >= 0.6 is 0 Å². The van der Waals surface area contributed by atoms with E-state index < -0.39 is 17.9 Å². The Labute approximate surface area is 208 Å². The summed E-state index contributed by atoms with van der Waals surface area (Å²) in [5.74, 6) is -2.12. The first-order valence-electron chi connectivity index (χ1n) is 12.1. The van der Waals surface area contributed by atoms with Crippen LogP contribution in [0.15, 0.2) is 103 Å². The summed E-state index contributed by atoms with van der Waals surface area (Å²) in [5.41, 5.74) is 3.10. The quantitative estimate of drug-likeness (QED) is 0.304. The Kier molecular flexibility index (Phi) is 4.48. The average Bonchev–Trinajstić information content (AvgIpc) is 3.40. The molecule has 2 saturated heterocycles. The molecule has 0 unspecified atom stereocenters. The van der Waals surface area contributed by atoms with E-state index in [2.05, 4.69) is 0 Å². The second-order valence-electron chi connectivity index (χ2n) is 9.57. The van der Waals surface area contributed by atoms with Crippen LogP contribution in [-0.2, 0) is 9.59 Å². The predicted octanol–water partition coefficient (Wildman–Crippen LogP) is 5.24. The lowest BCUT2D eigenvalue weighted by atomic mass is 9.83. The van der Waals surface area contributed by atoms with Gasteiger partial charge >= 0.3 is 0 Å². The van der Waals surface area contributed by atoms with Crippen LogP contribution in [0.5, 0.6) is 0 Å². The molecule has 36 heavy (non-hydrogen) atoms. The molecule has 5 heteroatoms. The highest BCUT2D eigenvalue weighted by molar-refractivity contribution is 6.27. The molecule has 4 aromatic carbocycles. The van der Waals surface area contributed by atoms with Crippen molar-refractivity contribution in [1.82, 2.24) is 4.90 Å². The van der Waals surface area contributed by atoms with E-state index in [9.17, 15) is 14.4 Å². The largest absolute Gasteiger partial charge is 0.358 e. The van der Waals surface area contributed by atoms with Crippen LogP contribution < -0.4 is 4.90 Å². The minimum atomic E-state index is -0.773. The van der Waals surface area contributed by atoms with Gasteiger partial charge in [0.2, 0.25) is 11.8 Å². The summed E-state index contributed by atoms with van der Waals surface area (Å²) >= 11 is 0. The van der Waals surface area contributed by atoms with Crippen molar-refractivity contribution in [3.63, 3.8) is 0 Å². The maximum absolute atomic E-state index is 14.2.